The molecule has 2 rings (SSSR count). The maximum atomic E-state index is 14.3. The average molecular weight is 351 g/mol. The van der Waals surface area contributed by atoms with Crippen molar-refractivity contribution in [3.05, 3.63) is 67.4 Å². The first-order valence-corrected chi connectivity index (χ1v) is 7.75. The molecule has 1 atom stereocenters. The van der Waals surface area contributed by atoms with Gasteiger partial charge in [0, 0.05) is 5.56 Å². The minimum Gasteiger partial charge on any atom is -0.384 e. The van der Waals surface area contributed by atoms with Crippen LogP contribution in [0, 0.1) is 40.4 Å². The van der Waals surface area contributed by atoms with Crippen molar-refractivity contribution < 1.29 is 9.50 Å². The molecule has 2 aromatic carbocycles. The van der Waals surface area contributed by atoms with Crippen molar-refractivity contribution in [1.82, 2.24) is 0 Å². The van der Waals surface area contributed by atoms with E-state index in [0.717, 1.165) is 27.8 Å². The second-order valence-corrected chi connectivity index (χ2v) is 6.44. The summed E-state index contributed by atoms with van der Waals surface area (Å²) in [5.41, 5.74) is 6.72. The van der Waals surface area contributed by atoms with Gasteiger partial charge in [0.05, 0.1) is 4.47 Å². The van der Waals surface area contributed by atoms with Crippen LogP contribution in [0.25, 0.3) is 0 Å². The average Bonchev–Trinajstić information content (AvgIpc) is 2.46. The summed E-state index contributed by atoms with van der Waals surface area (Å²) >= 11 is 3.18. The van der Waals surface area contributed by atoms with Crippen LogP contribution in [0.5, 0.6) is 0 Å². The molecule has 0 fully saturated rings. The minimum atomic E-state index is -0.958. The third-order valence-corrected chi connectivity index (χ3v) is 5.22. The van der Waals surface area contributed by atoms with E-state index in [9.17, 15) is 9.50 Å². The second-order valence-electron chi connectivity index (χ2n) is 5.58. The Bertz CT molecular complexity index is 678. The van der Waals surface area contributed by atoms with Crippen molar-refractivity contribution in [2.75, 3.05) is 0 Å². The molecule has 0 bridgehead atoms. The SMILES string of the molecule is Cc1c(C)c(C)c(C(O)c2cccc(Br)c2F)c(C)c1C. The van der Waals surface area contributed by atoms with E-state index in [4.69, 9.17) is 0 Å². The molecule has 0 aliphatic heterocycles. The Balaban J connectivity index is 2.70. The van der Waals surface area contributed by atoms with E-state index in [0.29, 0.717) is 10.0 Å². The third-order valence-electron chi connectivity index (χ3n) is 4.61. The van der Waals surface area contributed by atoms with Crippen molar-refractivity contribution in [3.63, 3.8) is 0 Å². The van der Waals surface area contributed by atoms with E-state index in [1.165, 1.54) is 5.56 Å². The number of aliphatic hydroxyl groups is 1. The van der Waals surface area contributed by atoms with E-state index in [2.05, 4.69) is 22.9 Å². The number of hydrogen-bond acceptors (Lipinski definition) is 1. The summed E-state index contributed by atoms with van der Waals surface area (Å²) in [6, 6.07) is 5.01. The van der Waals surface area contributed by atoms with Gasteiger partial charge >= 0.3 is 0 Å². The van der Waals surface area contributed by atoms with E-state index >= 15 is 0 Å². The minimum absolute atomic E-state index is 0.304. The molecule has 0 saturated carbocycles. The molecule has 0 aromatic heterocycles. The van der Waals surface area contributed by atoms with Gasteiger partial charge in [0.1, 0.15) is 11.9 Å². The molecule has 1 unspecified atom stereocenters. The Kier molecular flexibility index (Phi) is 4.54. The Morgan fingerprint density at radius 2 is 1.38 bits per heavy atom. The van der Waals surface area contributed by atoms with Gasteiger partial charge in [-0.1, -0.05) is 12.1 Å². The van der Waals surface area contributed by atoms with Gasteiger partial charge in [0.25, 0.3) is 0 Å². The first kappa shape index (κ1) is 16.2. The van der Waals surface area contributed by atoms with E-state index < -0.39 is 11.9 Å². The predicted molar refractivity (Wildman–Crippen MR) is 88.3 cm³/mol. The van der Waals surface area contributed by atoms with Crippen LogP contribution in [-0.4, -0.2) is 5.11 Å². The number of benzene rings is 2. The molecule has 21 heavy (non-hydrogen) atoms. The van der Waals surface area contributed by atoms with Gasteiger partial charge in [-0.05, 0) is 90.0 Å². The lowest BCUT2D eigenvalue weighted by atomic mass is 9.85. The van der Waals surface area contributed by atoms with Crippen LogP contribution >= 0.6 is 15.9 Å². The zero-order valence-electron chi connectivity index (χ0n) is 13.0. The van der Waals surface area contributed by atoms with E-state index in [1.807, 2.05) is 27.7 Å². The number of hydrogen-bond donors (Lipinski definition) is 1. The smallest absolute Gasteiger partial charge is 0.143 e. The number of aliphatic hydroxyl groups excluding tert-OH is 1. The molecule has 0 heterocycles. The summed E-state index contributed by atoms with van der Waals surface area (Å²) in [4.78, 5) is 0. The molecular formula is C18H20BrFO. The highest BCUT2D eigenvalue weighted by Gasteiger charge is 2.23. The van der Waals surface area contributed by atoms with Gasteiger partial charge in [-0.3, -0.25) is 0 Å². The van der Waals surface area contributed by atoms with Crippen LogP contribution < -0.4 is 0 Å². The zero-order valence-corrected chi connectivity index (χ0v) is 14.6. The van der Waals surface area contributed by atoms with E-state index in [1.54, 1.807) is 18.2 Å². The van der Waals surface area contributed by atoms with Crippen molar-refractivity contribution >= 4 is 15.9 Å². The normalized spacial score (nSPS) is 12.6. The molecule has 1 N–H and O–H groups in total. The Morgan fingerprint density at radius 1 is 0.905 bits per heavy atom. The fraction of sp³-hybridized carbons (Fsp3) is 0.333. The van der Waals surface area contributed by atoms with Crippen LogP contribution in [-0.2, 0) is 0 Å². The summed E-state index contributed by atoms with van der Waals surface area (Å²) in [5.74, 6) is -0.403. The van der Waals surface area contributed by atoms with Gasteiger partial charge < -0.3 is 5.11 Å². The molecule has 112 valence electrons. The second kappa shape index (κ2) is 5.90. The number of rotatable bonds is 2. The van der Waals surface area contributed by atoms with Crippen LogP contribution in [0.1, 0.15) is 45.0 Å². The lowest BCUT2D eigenvalue weighted by Gasteiger charge is -2.23. The summed E-state index contributed by atoms with van der Waals surface area (Å²) in [6.07, 6.45) is -0.958. The van der Waals surface area contributed by atoms with Crippen LogP contribution in [0.15, 0.2) is 22.7 Å². The molecule has 0 saturated heterocycles. The van der Waals surface area contributed by atoms with Gasteiger partial charge in [-0.25, -0.2) is 4.39 Å². The zero-order chi connectivity index (χ0) is 15.9. The molecule has 0 radical (unpaired) electrons. The first-order valence-electron chi connectivity index (χ1n) is 6.96. The highest BCUT2D eigenvalue weighted by atomic mass is 79.9. The molecule has 3 heteroatoms. The fourth-order valence-corrected chi connectivity index (χ4v) is 3.21. The Labute approximate surface area is 134 Å². The molecule has 0 amide bonds. The summed E-state index contributed by atoms with van der Waals surface area (Å²) in [6.45, 7) is 10.2. The summed E-state index contributed by atoms with van der Waals surface area (Å²) < 4.78 is 14.6. The molecule has 0 aliphatic carbocycles. The molecular weight excluding hydrogens is 331 g/mol. The fourth-order valence-electron chi connectivity index (χ4n) is 2.83. The summed E-state index contributed by atoms with van der Waals surface area (Å²) in [5, 5.41) is 10.7. The van der Waals surface area contributed by atoms with Gasteiger partial charge in [-0.2, -0.15) is 0 Å². The quantitative estimate of drug-likeness (QED) is 0.787. The third kappa shape index (κ3) is 2.65. The largest absolute Gasteiger partial charge is 0.384 e. The molecule has 2 aromatic rings. The Morgan fingerprint density at radius 3 is 1.90 bits per heavy atom. The topological polar surface area (TPSA) is 20.2 Å². The van der Waals surface area contributed by atoms with Gasteiger partial charge in [-0.15, -0.1) is 0 Å². The lowest BCUT2D eigenvalue weighted by Crippen LogP contribution is -2.10. The standard InChI is InChI=1S/C18H20BrFO/c1-9-10(2)12(4)16(13(5)11(9)3)18(21)14-7-6-8-15(19)17(14)20/h6-8,18,21H,1-5H3. The van der Waals surface area contributed by atoms with Crippen molar-refractivity contribution in [2.45, 2.75) is 40.7 Å². The lowest BCUT2D eigenvalue weighted by molar-refractivity contribution is 0.213. The van der Waals surface area contributed by atoms with E-state index in [-0.39, 0.29) is 0 Å². The van der Waals surface area contributed by atoms with Crippen molar-refractivity contribution in [3.8, 4) is 0 Å². The van der Waals surface area contributed by atoms with Crippen molar-refractivity contribution in [1.29, 1.82) is 0 Å². The van der Waals surface area contributed by atoms with Gasteiger partial charge in [0.2, 0.25) is 0 Å². The monoisotopic (exact) mass is 350 g/mol. The van der Waals surface area contributed by atoms with Crippen molar-refractivity contribution in [2.24, 2.45) is 0 Å². The first-order chi connectivity index (χ1) is 9.77. The molecule has 0 spiro atoms. The highest BCUT2D eigenvalue weighted by Crippen LogP contribution is 2.35. The maximum absolute atomic E-state index is 14.3. The highest BCUT2D eigenvalue weighted by molar-refractivity contribution is 9.10. The van der Waals surface area contributed by atoms with Crippen LogP contribution in [0.2, 0.25) is 0 Å². The van der Waals surface area contributed by atoms with Crippen LogP contribution in [0.4, 0.5) is 4.39 Å². The maximum Gasteiger partial charge on any atom is 0.143 e. The molecule has 0 aliphatic rings. The number of halogens is 2. The molecule has 1 nitrogen and oxygen atoms in total. The van der Waals surface area contributed by atoms with Gasteiger partial charge in [0.15, 0.2) is 0 Å². The Hall–Kier alpha value is -1.19. The summed E-state index contributed by atoms with van der Waals surface area (Å²) in [7, 11) is 0. The van der Waals surface area contributed by atoms with Crippen LogP contribution in [0.3, 0.4) is 0 Å². The predicted octanol–water partition coefficient (Wildman–Crippen LogP) is 5.21.